The third-order valence-electron chi connectivity index (χ3n) is 2.64. The molecular weight excluding hydrogens is 184 g/mol. The second-order valence-electron chi connectivity index (χ2n) is 3.48. The van der Waals surface area contributed by atoms with Crippen LogP contribution < -0.4 is 5.73 Å². The Hall–Kier alpha value is -0.900. The lowest BCUT2D eigenvalue weighted by molar-refractivity contribution is -0.121. The van der Waals surface area contributed by atoms with Crippen LogP contribution in [0.3, 0.4) is 0 Å². The van der Waals surface area contributed by atoms with E-state index in [0.717, 1.165) is 24.3 Å². The number of nitrogens with zero attached hydrogens (tertiary/aromatic N) is 1. The summed E-state index contributed by atoms with van der Waals surface area (Å²) >= 11 is 1.67. The molecule has 4 heteroatoms. The Morgan fingerprint density at radius 3 is 3.00 bits per heavy atom. The highest BCUT2D eigenvalue weighted by Gasteiger charge is 2.30. The second kappa shape index (κ2) is 3.46. The fraction of sp³-hybridized carbons (Fsp3) is 0.556. The van der Waals surface area contributed by atoms with Crippen molar-refractivity contribution in [2.24, 2.45) is 11.7 Å². The van der Waals surface area contributed by atoms with Gasteiger partial charge in [0.25, 0.3) is 0 Å². The van der Waals surface area contributed by atoms with Gasteiger partial charge in [-0.3, -0.25) is 4.79 Å². The van der Waals surface area contributed by atoms with Crippen molar-refractivity contribution in [3.63, 3.8) is 0 Å². The molecule has 2 rings (SSSR count). The second-order valence-corrected chi connectivity index (χ2v) is 4.41. The summed E-state index contributed by atoms with van der Waals surface area (Å²) in [5, 5.41) is 3.14. The van der Waals surface area contributed by atoms with E-state index in [1.807, 2.05) is 11.6 Å². The third-order valence-corrected chi connectivity index (χ3v) is 3.57. The Kier molecular flexibility index (Phi) is 2.31. The molecule has 1 fully saturated rings. The molecule has 0 radical (unpaired) electrons. The molecule has 0 bridgehead atoms. The predicted octanol–water partition coefficient (Wildman–Crippen LogP) is 1.51. The zero-order chi connectivity index (χ0) is 9.26. The van der Waals surface area contributed by atoms with Gasteiger partial charge in [-0.1, -0.05) is 0 Å². The van der Waals surface area contributed by atoms with Crippen LogP contribution in [0.1, 0.15) is 30.2 Å². The first-order valence-corrected chi connectivity index (χ1v) is 5.34. The normalized spacial score (nSPS) is 27.7. The van der Waals surface area contributed by atoms with E-state index in [0.29, 0.717) is 5.92 Å². The maximum Gasteiger partial charge on any atom is 0.220 e. The van der Waals surface area contributed by atoms with Crippen LogP contribution in [0, 0.1) is 5.92 Å². The van der Waals surface area contributed by atoms with E-state index < -0.39 is 0 Å². The largest absolute Gasteiger partial charge is 0.369 e. The van der Waals surface area contributed by atoms with Crippen LogP contribution in [0.15, 0.2) is 11.6 Å². The molecule has 3 nitrogen and oxygen atoms in total. The van der Waals surface area contributed by atoms with Gasteiger partial charge in [-0.15, -0.1) is 11.3 Å². The molecule has 0 aliphatic heterocycles. The van der Waals surface area contributed by atoms with Crippen molar-refractivity contribution in [2.75, 3.05) is 0 Å². The van der Waals surface area contributed by atoms with Crippen LogP contribution in [0.4, 0.5) is 0 Å². The van der Waals surface area contributed by atoms with Crippen LogP contribution in [0.25, 0.3) is 0 Å². The molecule has 1 aliphatic rings. The van der Waals surface area contributed by atoms with Crippen molar-refractivity contribution in [1.29, 1.82) is 0 Å². The zero-order valence-corrected chi connectivity index (χ0v) is 8.09. The van der Waals surface area contributed by atoms with Crippen LogP contribution >= 0.6 is 11.3 Å². The van der Waals surface area contributed by atoms with Crippen LogP contribution in [0.5, 0.6) is 0 Å². The van der Waals surface area contributed by atoms with Crippen molar-refractivity contribution < 1.29 is 4.79 Å². The minimum Gasteiger partial charge on any atom is -0.369 e. The molecule has 70 valence electrons. The van der Waals surface area contributed by atoms with E-state index in [-0.39, 0.29) is 11.8 Å². The highest BCUT2D eigenvalue weighted by Crippen LogP contribution is 2.38. The maximum atomic E-state index is 10.9. The summed E-state index contributed by atoms with van der Waals surface area (Å²) in [5.41, 5.74) is 5.26. The van der Waals surface area contributed by atoms with E-state index in [1.165, 1.54) is 0 Å². The quantitative estimate of drug-likeness (QED) is 0.779. The first-order chi connectivity index (χ1) is 6.27. The van der Waals surface area contributed by atoms with Gasteiger partial charge in [0.15, 0.2) is 0 Å². The number of thiazole rings is 1. The molecule has 2 N–H and O–H groups in total. The minimum absolute atomic E-state index is 0.0777. The molecule has 0 spiro atoms. The fourth-order valence-electron chi connectivity index (χ4n) is 1.90. The van der Waals surface area contributed by atoms with E-state index in [9.17, 15) is 4.79 Å². The standard InChI is InChI=1S/C9H12N2OS/c10-8(12)6-1-2-7(5-6)9-11-3-4-13-9/h3-4,6-7H,1-2,5H2,(H2,10,12). The lowest BCUT2D eigenvalue weighted by Gasteiger charge is -2.04. The summed E-state index contributed by atoms with van der Waals surface area (Å²) < 4.78 is 0. The number of hydrogen-bond acceptors (Lipinski definition) is 3. The van der Waals surface area contributed by atoms with Gasteiger partial charge in [0.1, 0.15) is 0 Å². The maximum absolute atomic E-state index is 10.9. The van der Waals surface area contributed by atoms with Crippen LogP contribution in [0.2, 0.25) is 0 Å². The molecule has 1 aromatic heterocycles. The third kappa shape index (κ3) is 1.72. The van der Waals surface area contributed by atoms with Gasteiger partial charge in [0.2, 0.25) is 5.91 Å². The van der Waals surface area contributed by atoms with Crippen LogP contribution in [-0.2, 0) is 4.79 Å². The number of nitrogens with two attached hydrogens (primary N) is 1. The van der Waals surface area contributed by atoms with Crippen molar-refractivity contribution >= 4 is 17.2 Å². The Balaban J connectivity index is 2.03. The first kappa shape index (κ1) is 8.69. The van der Waals surface area contributed by atoms with E-state index in [2.05, 4.69) is 4.98 Å². The molecule has 1 heterocycles. The van der Waals surface area contributed by atoms with Gasteiger partial charge in [-0.2, -0.15) is 0 Å². The molecule has 1 aliphatic carbocycles. The van der Waals surface area contributed by atoms with E-state index in [1.54, 1.807) is 11.3 Å². The smallest absolute Gasteiger partial charge is 0.220 e. The summed E-state index contributed by atoms with van der Waals surface area (Å²) in [5.74, 6) is 0.394. The summed E-state index contributed by atoms with van der Waals surface area (Å²) in [4.78, 5) is 15.2. The van der Waals surface area contributed by atoms with Gasteiger partial charge in [0, 0.05) is 23.4 Å². The van der Waals surface area contributed by atoms with Gasteiger partial charge < -0.3 is 5.73 Å². The topological polar surface area (TPSA) is 56.0 Å². The summed E-state index contributed by atoms with van der Waals surface area (Å²) in [6.45, 7) is 0. The van der Waals surface area contributed by atoms with Gasteiger partial charge in [-0.05, 0) is 19.3 Å². The molecular formula is C9H12N2OS. The molecule has 1 aromatic rings. The lowest BCUT2D eigenvalue weighted by Crippen LogP contribution is -2.20. The summed E-state index contributed by atoms with van der Waals surface area (Å²) in [7, 11) is 0. The highest BCUT2D eigenvalue weighted by molar-refractivity contribution is 7.09. The number of primary amides is 1. The van der Waals surface area contributed by atoms with Crippen molar-refractivity contribution in [3.8, 4) is 0 Å². The molecule has 1 amide bonds. The van der Waals surface area contributed by atoms with Crippen LogP contribution in [-0.4, -0.2) is 10.9 Å². The molecule has 2 atom stereocenters. The number of rotatable bonds is 2. The summed E-state index contributed by atoms with van der Waals surface area (Å²) in [6, 6.07) is 0. The number of carbonyl (C=O) groups is 1. The average Bonchev–Trinajstić information content (AvgIpc) is 2.75. The van der Waals surface area contributed by atoms with Gasteiger partial charge in [-0.25, -0.2) is 4.98 Å². The van der Waals surface area contributed by atoms with Gasteiger partial charge in [0.05, 0.1) is 5.01 Å². The fourth-order valence-corrected chi connectivity index (χ4v) is 2.69. The Labute approximate surface area is 81.0 Å². The molecule has 2 unspecified atom stereocenters. The lowest BCUT2D eigenvalue weighted by atomic mass is 10.1. The average molecular weight is 196 g/mol. The summed E-state index contributed by atoms with van der Waals surface area (Å²) in [6.07, 6.45) is 4.70. The molecule has 1 saturated carbocycles. The SMILES string of the molecule is NC(=O)C1CCC(c2nccs2)C1. The van der Waals surface area contributed by atoms with E-state index in [4.69, 9.17) is 5.73 Å². The number of hydrogen-bond donors (Lipinski definition) is 1. The highest BCUT2D eigenvalue weighted by atomic mass is 32.1. The van der Waals surface area contributed by atoms with Crippen molar-refractivity contribution in [3.05, 3.63) is 16.6 Å². The van der Waals surface area contributed by atoms with Gasteiger partial charge >= 0.3 is 0 Å². The van der Waals surface area contributed by atoms with Crippen molar-refractivity contribution in [2.45, 2.75) is 25.2 Å². The zero-order valence-electron chi connectivity index (χ0n) is 7.27. The molecule has 0 aromatic carbocycles. The predicted molar refractivity (Wildman–Crippen MR) is 51.4 cm³/mol. The molecule has 0 saturated heterocycles. The number of carbonyl (C=O) groups excluding carboxylic acids is 1. The Morgan fingerprint density at radius 2 is 2.46 bits per heavy atom. The Bertz CT molecular complexity index is 297. The minimum atomic E-state index is -0.154. The van der Waals surface area contributed by atoms with Crippen molar-refractivity contribution in [1.82, 2.24) is 4.98 Å². The first-order valence-electron chi connectivity index (χ1n) is 4.46. The Morgan fingerprint density at radius 1 is 1.62 bits per heavy atom. The monoisotopic (exact) mass is 196 g/mol. The number of amides is 1. The van der Waals surface area contributed by atoms with E-state index >= 15 is 0 Å². The molecule has 13 heavy (non-hydrogen) atoms. The number of aromatic nitrogens is 1.